The molecule has 0 heterocycles. The second-order valence-corrected chi connectivity index (χ2v) is 18.5. The van der Waals surface area contributed by atoms with Gasteiger partial charge >= 0.3 is 0 Å². The standard InChI is InChI=1S/C46H91N2O6P/c1-6-8-10-12-14-16-18-20-22-23-24-26-28-30-32-34-36-38-40-46(50)47-44(43-54-55(51,52)53-42-41-48(3,4)5)45(49)39-37-35-33-31-29-27-25-21-19-17-15-13-11-9-7-2/h29,31,37,39,44-45,49H,6-28,30,32-36,38,40-43H2,1-5H3,(H-,47,50,51,52)/b31-29+,39-37+. The lowest BCUT2D eigenvalue weighted by Crippen LogP contribution is -2.45. The Balaban J connectivity index is 4.40. The number of rotatable bonds is 42. The van der Waals surface area contributed by atoms with Crippen LogP contribution < -0.4 is 10.2 Å². The average molecular weight is 799 g/mol. The summed E-state index contributed by atoms with van der Waals surface area (Å²) in [5.41, 5.74) is 0. The molecule has 0 radical (unpaired) electrons. The zero-order valence-corrected chi connectivity index (χ0v) is 37.8. The maximum absolute atomic E-state index is 12.9. The first-order valence-electron chi connectivity index (χ1n) is 23.2. The fourth-order valence-corrected chi connectivity index (χ4v) is 7.42. The summed E-state index contributed by atoms with van der Waals surface area (Å²) in [5, 5.41) is 13.8. The molecule has 2 N–H and O–H groups in total. The van der Waals surface area contributed by atoms with E-state index in [9.17, 15) is 19.4 Å². The number of unbranched alkanes of at least 4 members (excludes halogenated alkanes) is 27. The number of quaternary nitrogens is 1. The monoisotopic (exact) mass is 799 g/mol. The Bertz CT molecular complexity index is 953. The molecule has 0 spiro atoms. The van der Waals surface area contributed by atoms with E-state index in [1.165, 1.54) is 154 Å². The number of nitrogens with one attached hydrogen (secondary N) is 1. The first-order valence-corrected chi connectivity index (χ1v) is 24.7. The fourth-order valence-electron chi connectivity index (χ4n) is 6.70. The normalized spacial score (nSPS) is 14.5. The summed E-state index contributed by atoms with van der Waals surface area (Å²) in [4.78, 5) is 25.3. The molecule has 0 aromatic rings. The predicted molar refractivity (Wildman–Crippen MR) is 233 cm³/mol. The number of allylic oxidation sites excluding steroid dienone is 3. The number of nitrogens with zero attached hydrogens (tertiary/aromatic N) is 1. The van der Waals surface area contributed by atoms with Gasteiger partial charge in [-0.05, 0) is 32.1 Å². The minimum atomic E-state index is -4.59. The average Bonchev–Trinajstić information content (AvgIpc) is 3.13. The first kappa shape index (κ1) is 54.0. The Labute approximate surface area is 341 Å². The molecule has 3 atom stereocenters. The van der Waals surface area contributed by atoms with Crippen molar-refractivity contribution in [3.05, 3.63) is 24.3 Å². The lowest BCUT2D eigenvalue weighted by molar-refractivity contribution is -0.870. The summed E-state index contributed by atoms with van der Waals surface area (Å²) >= 11 is 0. The van der Waals surface area contributed by atoms with Gasteiger partial charge in [0.2, 0.25) is 5.91 Å². The molecule has 0 aromatic heterocycles. The lowest BCUT2D eigenvalue weighted by atomic mass is 10.0. The summed E-state index contributed by atoms with van der Waals surface area (Å²) in [7, 11) is 1.25. The SMILES string of the molecule is CCCCCCCCCCC/C=C/CC/C=C/C(O)C(COP(=O)([O-])OCC[N+](C)(C)C)NC(=O)CCCCCCCCCCCCCCCCCCCC. The van der Waals surface area contributed by atoms with Gasteiger partial charge < -0.3 is 28.8 Å². The van der Waals surface area contributed by atoms with E-state index in [4.69, 9.17) is 9.05 Å². The van der Waals surface area contributed by atoms with Crippen molar-refractivity contribution < 1.29 is 32.9 Å². The minimum absolute atomic E-state index is 0.00421. The molecule has 1 amide bonds. The number of phosphoric acid groups is 1. The van der Waals surface area contributed by atoms with Gasteiger partial charge in [0.1, 0.15) is 13.2 Å². The molecule has 8 nitrogen and oxygen atoms in total. The van der Waals surface area contributed by atoms with Gasteiger partial charge in [-0.3, -0.25) is 9.36 Å². The Morgan fingerprint density at radius 3 is 1.47 bits per heavy atom. The van der Waals surface area contributed by atoms with Crippen molar-refractivity contribution in [1.82, 2.24) is 5.32 Å². The van der Waals surface area contributed by atoms with Gasteiger partial charge in [0, 0.05) is 6.42 Å². The van der Waals surface area contributed by atoms with Gasteiger partial charge in [0.15, 0.2) is 0 Å². The molecule has 55 heavy (non-hydrogen) atoms. The van der Waals surface area contributed by atoms with Gasteiger partial charge in [-0.1, -0.05) is 199 Å². The molecule has 0 rings (SSSR count). The molecule has 0 saturated carbocycles. The van der Waals surface area contributed by atoms with E-state index in [1.54, 1.807) is 6.08 Å². The minimum Gasteiger partial charge on any atom is -0.756 e. The second kappa shape index (κ2) is 38.5. The quantitative estimate of drug-likeness (QED) is 0.0276. The maximum atomic E-state index is 12.9. The molecule has 0 aliphatic rings. The van der Waals surface area contributed by atoms with Crippen LogP contribution in [0.1, 0.15) is 213 Å². The van der Waals surface area contributed by atoms with Crippen LogP contribution in [0.3, 0.4) is 0 Å². The third kappa shape index (κ3) is 41.0. The highest BCUT2D eigenvalue weighted by molar-refractivity contribution is 7.45. The second-order valence-electron chi connectivity index (χ2n) is 17.1. The van der Waals surface area contributed by atoms with Crippen LogP contribution >= 0.6 is 7.82 Å². The highest BCUT2D eigenvalue weighted by atomic mass is 31.2. The van der Waals surface area contributed by atoms with Gasteiger partial charge in [-0.15, -0.1) is 0 Å². The summed E-state index contributed by atoms with van der Waals surface area (Å²) < 4.78 is 23.2. The van der Waals surface area contributed by atoms with Crippen molar-refractivity contribution in [1.29, 1.82) is 0 Å². The Morgan fingerprint density at radius 2 is 1.02 bits per heavy atom. The van der Waals surface area contributed by atoms with E-state index >= 15 is 0 Å². The molecule has 0 aliphatic heterocycles. The number of aliphatic hydroxyl groups excluding tert-OH is 1. The molecule has 0 aromatic carbocycles. The van der Waals surface area contributed by atoms with Crippen LogP contribution in [-0.4, -0.2) is 68.5 Å². The van der Waals surface area contributed by atoms with Crippen molar-refractivity contribution in [3.8, 4) is 0 Å². The van der Waals surface area contributed by atoms with Crippen LogP contribution in [0, 0.1) is 0 Å². The van der Waals surface area contributed by atoms with E-state index in [0.717, 1.165) is 38.5 Å². The molecule has 3 unspecified atom stereocenters. The first-order chi connectivity index (χ1) is 26.5. The number of hydrogen-bond acceptors (Lipinski definition) is 6. The third-order valence-electron chi connectivity index (χ3n) is 10.4. The smallest absolute Gasteiger partial charge is 0.268 e. The number of amides is 1. The van der Waals surface area contributed by atoms with Crippen molar-refractivity contribution in [2.75, 3.05) is 40.9 Å². The van der Waals surface area contributed by atoms with Gasteiger partial charge in [-0.2, -0.15) is 0 Å². The molecule has 0 saturated heterocycles. The molecule has 0 aliphatic carbocycles. The predicted octanol–water partition coefficient (Wildman–Crippen LogP) is 12.3. The largest absolute Gasteiger partial charge is 0.756 e. The number of carbonyl (C=O) groups is 1. The molecular formula is C46H91N2O6P. The van der Waals surface area contributed by atoms with Crippen LogP contribution in [0.5, 0.6) is 0 Å². The lowest BCUT2D eigenvalue weighted by Gasteiger charge is -2.29. The molecule has 326 valence electrons. The van der Waals surface area contributed by atoms with Crippen LogP contribution in [-0.2, 0) is 18.4 Å². The Hall–Kier alpha value is -1.02. The van der Waals surface area contributed by atoms with Crippen LogP contribution in [0.2, 0.25) is 0 Å². The van der Waals surface area contributed by atoms with Crippen molar-refractivity contribution in [3.63, 3.8) is 0 Å². The highest BCUT2D eigenvalue weighted by Gasteiger charge is 2.23. The van der Waals surface area contributed by atoms with Gasteiger partial charge in [-0.25, -0.2) is 0 Å². The van der Waals surface area contributed by atoms with E-state index in [0.29, 0.717) is 17.4 Å². The summed E-state index contributed by atoms with van der Waals surface area (Å²) in [6, 6.07) is -0.897. The van der Waals surface area contributed by atoms with E-state index in [2.05, 4.69) is 31.3 Å². The van der Waals surface area contributed by atoms with Crippen LogP contribution in [0.4, 0.5) is 0 Å². The Morgan fingerprint density at radius 1 is 0.618 bits per heavy atom. The number of likely N-dealkylation sites (N-methyl/N-ethyl adjacent to an activating group) is 1. The van der Waals surface area contributed by atoms with E-state index in [-0.39, 0.29) is 19.1 Å². The molecule has 9 heteroatoms. The summed E-state index contributed by atoms with van der Waals surface area (Å²) in [5.74, 6) is -0.205. The van der Waals surface area contributed by atoms with Crippen LogP contribution in [0.25, 0.3) is 0 Å². The van der Waals surface area contributed by atoms with Crippen molar-refractivity contribution in [2.45, 2.75) is 225 Å². The van der Waals surface area contributed by atoms with Crippen LogP contribution in [0.15, 0.2) is 24.3 Å². The molecule has 0 bridgehead atoms. The maximum Gasteiger partial charge on any atom is 0.268 e. The van der Waals surface area contributed by atoms with E-state index in [1.807, 2.05) is 27.2 Å². The topological polar surface area (TPSA) is 108 Å². The highest BCUT2D eigenvalue weighted by Crippen LogP contribution is 2.38. The third-order valence-corrected chi connectivity index (χ3v) is 11.4. The number of phosphoric ester groups is 1. The summed E-state index contributed by atoms with van der Waals surface area (Å²) in [6.45, 7) is 4.63. The zero-order valence-electron chi connectivity index (χ0n) is 36.9. The van der Waals surface area contributed by atoms with Crippen molar-refractivity contribution >= 4 is 13.7 Å². The number of hydrogen-bond donors (Lipinski definition) is 2. The van der Waals surface area contributed by atoms with E-state index < -0.39 is 20.0 Å². The zero-order chi connectivity index (χ0) is 40.7. The number of carbonyl (C=O) groups excluding carboxylic acids is 1. The number of aliphatic hydroxyl groups is 1. The molecular weight excluding hydrogens is 707 g/mol. The summed E-state index contributed by atoms with van der Waals surface area (Å²) in [6.07, 6.45) is 45.1. The van der Waals surface area contributed by atoms with Crippen molar-refractivity contribution in [2.24, 2.45) is 0 Å². The fraction of sp³-hybridized carbons (Fsp3) is 0.891. The molecule has 0 fully saturated rings. The Kier molecular flexibility index (Phi) is 37.8. The van der Waals surface area contributed by atoms with Gasteiger partial charge in [0.25, 0.3) is 7.82 Å². The van der Waals surface area contributed by atoms with Gasteiger partial charge in [0.05, 0.1) is 39.9 Å².